The monoisotopic (exact) mass is 543 g/mol. The molecule has 1 atom stereocenters. The molecule has 4 aromatic rings. The van der Waals surface area contributed by atoms with Gasteiger partial charge in [0.15, 0.2) is 5.82 Å². The molecule has 4 rings (SSSR count). The van der Waals surface area contributed by atoms with Crippen molar-refractivity contribution in [3.8, 4) is 28.3 Å². The topological polar surface area (TPSA) is 101 Å². The maximum atomic E-state index is 12.7. The van der Waals surface area contributed by atoms with Crippen molar-refractivity contribution in [2.45, 2.75) is 58.6 Å². The Morgan fingerprint density at radius 2 is 1.51 bits per heavy atom. The van der Waals surface area contributed by atoms with Gasteiger partial charge in [-0.05, 0) is 54.7 Å². The van der Waals surface area contributed by atoms with Gasteiger partial charge < -0.3 is 15.2 Å². The Bertz CT molecular complexity index is 1420. The third-order valence-electron chi connectivity index (χ3n) is 6.04. The van der Waals surface area contributed by atoms with Crippen LogP contribution >= 0.6 is 11.3 Å². The number of amides is 1. The predicted molar refractivity (Wildman–Crippen MR) is 154 cm³/mol. The van der Waals surface area contributed by atoms with Gasteiger partial charge in [-0.2, -0.15) is 0 Å². The molecule has 202 valence electrons. The molecule has 8 heteroatoms. The van der Waals surface area contributed by atoms with E-state index in [-0.39, 0.29) is 23.8 Å². The summed E-state index contributed by atoms with van der Waals surface area (Å²) in [6, 6.07) is 17.8. The largest absolute Gasteiger partial charge is 0.491 e. The summed E-state index contributed by atoms with van der Waals surface area (Å²) in [5.41, 5.74) is 3.41. The van der Waals surface area contributed by atoms with E-state index in [4.69, 9.17) is 4.74 Å². The Morgan fingerprint density at radius 3 is 2.05 bits per heavy atom. The average molecular weight is 544 g/mol. The molecule has 0 bridgehead atoms. The number of aliphatic carboxylic acids is 1. The molecule has 2 aromatic carbocycles. The molecule has 39 heavy (non-hydrogen) atoms. The van der Waals surface area contributed by atoms with E-state index in [1.54, 1.807) is 18.5 Å². The van der Waals surface area contributed by atoms with Gasteiger partial charge in [-0.3, -0.25) is 4.79 Å². The SMILES string of the molecule is CC(C)Oc1ccc(-c2cnc(-c3ccc(C[C@H](NC(=O)c4ccc(C(C)(C)C)s4)C(=O)O)cc3)nc2)cc1. The highest BCUT2D eigenvalue weighted by atomic mass is 32.1. The lowest BCUT2D eigenvalue weighted by Gasteiger charge is -2.16. The Kier molecular flexibility index (Phi) is 8.45. The first kappa shape index (κ1) is 28.0. The molecule has 0 radical (unpaired) electrons. The predicted octanol–water partition coefficient (Wildman–Crippen LogP) is 6.38. The molecule has 0 saturated carbocycles. The van der Waals surface area contributed by atoms with Crippen molar-refractivity contribution in [3.05, 3.63) is 88.4 Å². The van der Waals surface area contributed by atoms with Crippen LogP contribution in [-0.2, 0) is 16.6 Å². The third kappa shape index (κ3) is 7.29. The smallest absolute Gasteiger partial charge is 0.326 e. The highest BCUT2D eigenvalue weighted by Gasteiger charge is 2.24. The molecule has 2 heterocycles. The molecule has 0 fully saturated rings. The molecule has 0 saturated heterocycles. The summed E-state index contributed by atoms with van der Waals surface area (Å²) < 4.78 is 5.70. The van der Waals surface area contributed by atoms with Crippen LogP contribution in [0.5, 0.6) is 5.75 Å². The molecule has 0 spiro atoms. The van der Waals surface area contributed by atoms with E-state index in [9.17, 15) is 14.7 Å². The number of benzene rings is 2. The Balaban J connectivity index is 1.40. The molecular weight excluding hydrogens is 510 g/mol. The first-order valence-corrected chi connectivity index (χ1v) is 13.6. The van der Waals surface area contributed by atoms with Gasteiger partial charge in [0.05, 0.1) is 11.0 Å². The molecule has 2 N–H and O–H groups in total. The van der Waals surface area contributed by atoms with E-state index in [1.807, 2.05) is 68.4 Å². The standard InChI is InChI=1S/C31H33N3O4S/c1-19(2)38-24-12-10-21(11-13-24)23-17-32-28(33-18-23)22-8-6-20(7-9-22)16-25(30(36)37)34-29(35)26-14-15-27(39-26)31(3,4)5/h6-15,17-19,25H,16H2,1-5H3,(H,34,35)(H,36,37)/t25-/m0/s1. The zero-order chi connectivity index (χ0) is 28.2. The average Bonchev–Trinajstić information content (AvgIpc) is 3.40. The quantitative estimate of drug-likeness (QED) is 0.254. The Labute approximate surface area is 232 Å². The van der Waals surface area contributed by atoms with E-state index >= 15 is 0 Å². The zero-order valence-corrected chi connectivity index (χ0v) is 23.6. The summed E-state index contributed by atoms with van der Waals surface area (Å²) in [4.78, 5) is 35.2. The number of nitrogens with one attached hydrogen (secondary N) is 1. The van der Waals surface area contributed by atoms with Crippen LogP contribution < -0.4 is 10.1 Å². The zero-order valence-electron chi connectivity index (χ0n) is 22.8. The number of ether oxygens (including phenoxy) is 1. The Morgan fingerprint density at radius 1 is 0.897 bits per heavy atom. The first-order valence-electron chi connectivity index (χ1n) is 12.8. The highest BCUT2D eigenvalue weighted by Crippen LogP contribution is 2.29. The van der Waals surface area contributed by atoms with Crippen LogP contribution in [0.1, 0.15) is 54.7 Å². The number of carboxylic acids is 1. The number of nitrogens with zero attached hydrogens (tertiary/aromatic N) is 2. The van der Waals surface area contributed by atoms with Gasteiger partial charge in [0.2, 0.25) is 0 Å². The molecular formula is C31H33N3O4S. The van der Waals surface area contributed by atoms with Crippen LogP contribution in [0.2, 0.25) is 0 Å². The van der Waals surface area contributed by atoms with Crippen LogP contribution in [-0.4, -0.2) is 39.1 Å². The summed E-state index contributed by atoms with van der Waals surface area (Å²) in [7, 11) is 0. The van der Waals surface area contributed by atoms with Crippen LogP contribution in [0.3, 0.4) is 0 Å². The Hall–Kier alpha value is -4.04. The molecule has 7 nitrogen and oxygen atoms in total. The number of carbonyl (C=O) groups excluding carboxylic acids is 1. The number of aromatic nitrogens is 2. The van der Waals surface area contributed by atoms with Gasteiger partial charge in [0.1, 0.15) is 11.8 Å². The molecule has 0 aliphatic rings. The van der Waals surface area contributed by atoms with Crippen LogP contribution in [0.25, 0.3) is 22.5 Å². The van der Waals surface area contributed by atoms with Gasteiger partial charge >= 0.3 is 5.97 Å². The van der Waals surface area contributed by atoms with Crippen LogP contribution in [0.15, 0.2) is 73.1 Å². The van der Waals surface area contributed by atoms with Crippen LogP contribution in [0, 0.1) is 0 Å². The van der Waals surface area contributed by atoms with Crippen molar-refractivity contribution >= 4 is 23.2 Å². The minimum absolute atomic E-state index is 0.0740. The normalized spacial score (nSPS) is 12.3. The number of thiophene rings is 1. The lowest BCUT2D eigenvalue weighted by Crippen LogP contribution is -2.42. The third-order valence-corrected chi connectivity index (χ3v) is 7.55. The van der Waals surface area contributed by atoms with Crippen molar-refractivity contribution in [2.75, 3.05) is 0 Å². The fourth-order valence-electron chi connectivity index (χ4n) is 3.94. The number of rotatable bonds is 9. The second-order valence-electron chi connectivity index (χ2n) is 10.7. The molecule has 0 aliphatic heterocycles. The van der Waals surface area contributed by atoms with Crippen molar-refractivity contribution in [2.24, 2.45) is 0 Å². The fraction of sp³-hybridized carbons (Fsp3) is 0.290. The lowest BCUT2D eigenvalue weighted by molar-refractivity contribution is -0.139. The van der Waals surface area contributed by atoms with E-state index in [0.717, 1.165) is 32.9 Å². The van der Waals surface area contributed by atoms with E-state index < -0.39 is 12.0 Å². The summed E-state index contributed by atoms with van der Waals surface area (Å²) in [5.74, 6) is -0.0735. The second kappa shape index (κ2) is 11.8. The van der Waals surface area contributed by atoms with Gasteiger partial charge in [-0.1, -0.05) is 57.2 Å². The number of hydrogen-bond acceptors (Lipinski definition) is 6. The lowest BCUT2D eigenvalue weighted by atomic mass is 9.95. The van der Waals surface area contributed by atoms with Gasteiger partial charge in [-0.25, -0.2) is 14.8 Å². The van der Waals surface area contributed by atoms with Crippen LogP contribution in [0.4, 0.5) is 0 Å². The summed E-state index contributed by atoms with van der Waals surface area (Å²) in [5, 5.41) is 12.4. The maximum absolute atomic E-state index is 12.7. The number of carbonyl (C=O) groups is 2. The molecule has 0 aliphatic carbocycles. The molecule has 2 aromatic heterocycles. The minimum Gasteiger partial charge on any atom is -0.491 e. The van der Waals surface area contributed by atoms with Gasteiger partial charge in [0, 0.05) is 34.8 Å². The van der Waals surface area contributed by atoms with Crippen molar-refractivity contribution < 1.29 is 19.4 Å². The fourth-order valence-corrected chi connectivity index (χ4v) is 4.91. The maximum Gasteiger partial charge on any atom is 0.326 e. The molecule has 1 amide bonds. The van der Waals surface area contributed by atoms with Gasteiger partial charge in [-0.15, -0.1) is 11.3 Å². The number of carboxylic acid groups (broad SMARTS) is 1. The van der Waals surface area contributed by atoms with Crippen molar-refractivity contribution in [3.63, 3.8) is 0 Å². The second-order valence-corrected chi connectivity index (χ2v) is 11.7. The first-order chi connectivity index (χ1) is 18.5. The van der Waals surface area contributed by atoms with Crippen molar-refractivity contribution in [1.82, 2.24) is 15.3 Å². The minimum atomic E-state index is -1.08. The van der Waals surface area contributed by atoms with Gasteiger partial charge in [0.25, 0.3) is 5.91 Å². The van der Waals surface area contributed by atoms with E-state index in [0.29, 0.717) is 10.7 Å². The summed E-state index contributed by atoms with van der Waals surface area (Å²) in [6.45, 7) is 10.2. The van der Waals surface area contributed by atoms with E-state index in [1.165, 1.54) is 11.3 Å². The van der Waals surface area contributed by atoms with E-state index in [2.05, 4.69) is 36.1 Å². The summed E-state index contributed by atoms with van der Waals surface area (Å²) in [6.07, 6.45) is 3.84. The molecule has 0 unspecified atom stereocenters. The summed E-state index contributed by atoms with van der Waals surface area (Å²) >= 11 is 1.39. The number of hydrogen-bond donors (Lipinski definition) is 2. The highest BCUT2D eigenvalue weighted by molar-refractivity contribution is 7.14. The van der Waals surface area contributed by atoms with Crippen molar-refractivity contribution in [1.29, 1.82) is 0 Å².